The predicted molar refractivity (Wildman–Crippen MR) is 78.2 cm³/mol. The van der Waals surface area contributed by atoms with Crippen LogP contribution in [0.1, 0.15) is 70.6 Å². The molecule has 0 aromatic heterocycles. The Morgan fingerprint density at radius 3 is 2.11 bits per heavy atom. The summed E-state index contributed by atoms with van der Waals surface area (Å²) in [7, 11) is 1.58. The lowest BCUT2D eigenvalue weighted by atomic mass is 10.0. The summed E-state index contributed by atoms with van der Waals surface area (Å²) < 4.78 is 0. The van der Waals surface area contributed by atoms with Crippen molar-refractivity contribution in [2.45, 2.75) is 70.6 Å². The summed E-state index contributed by atoms with van der Waals surface area (Å²) in [5.74, 6) is 0.173. The van der Waals surface area contributed by atoms with E-state index in [2.05, 4.69) is 10.5 Å². The smallest absolute Gasteiger partial charge is 0.220 e. The average molecular weight is 268 g/mol. The summed E-state index contributed by atoms with van der Waals surface area (Å²) in [4.78, 5) is 16.5. The molecule has 0 aromatic carbocycles. The largest absolute Gasteiger partial charge is 0.399 e. The van der Waals surface area contributed by atoms with Gasteiger partial charge in [0.25, 0.3) is 0 Å². The molecule has 4 heteroatoms. The molecule has 0 atom stereocenters. The van der Waals surface area contributed by atoms with Gasteiger partial charge in [0.2, 0.25) is 5.91 Å². The second-order valence-electron chi connectivity index (χ2n) is 5.27. The van der Waals surface area contributed by atoms with Crippen molar-refractivity contribution in [3.63, 3.8) is 0 Å². The molecule has 0 bridgehead atoms. The number of carbonyl (C=O) groups is 1. The lowest BCUT2D eigenvalue weighted by molar-refractivity contribution is -0.121. The van der Waals surface area contributed by atoms with Crippen LogP contribution in [0, 0.1) is 0 Å². The minimum absolute atomic E-state index is 0.173. The Balaban J connectivity index is 2.37. The molecule has 1 N–H and O–H groups in total. The molecule has 0 unspecified atom stereocenters. The van der Waals surface area contributed by atoms with Crippen LogP contribution in [0.3, 0.4) is 0 Å². The summed E-state index contributed by atoms with van der Waals surface area (Å²) in [6.07, 6.45) is 12.3. The first-order valence-electron chi connectivity index (χ1n) is 7.68. The normalized spacial score (nSPS) is 23.2. The minimum Gasteiger partial charge on any atom is -0.399 e. The van der Waals surface area contributed by atoms with Crippen LogP contribution in [-0.4, -0.2) is 25.3 Å². The first kappa shape index (κ1) is 16.0. The molecule has 0 aromatic rings. The first-order chi connectivity index (χ1) is 9.33. The van der Waals surface area contributed by atoms with Crippen LogP contribution in [0.15, 0.2) is 5.16 Å². The Morgan fingerprint density at radius 2 is 1.47 bits per heavy atom. The quantitative estimate of drug-likeness (QED) is 0.741. The number of hydrogen-bond donors (Lipinski definition) is 1. The van der Waals surface area contributed by atoms with Crippen molar-refractivity contribution in [2.75, 3.05) is 13.7 Å². The highest BCUT2D eigenvalue weighted by Crippen LogP contribution is 2.12. The number of oxime groups is 1. The third kappa shape index (κ3) is 8.62. The van der Waals surface area contributed by atoms with Crippen LogP contribution in [0.5, 0.6) is 0 Å². The zero-order valence-electron chi connectivity index (χ0n) is 12.2. The number of nitrogens with one attached hydrogen (secondary N) is 1. The Morgan fingerprint density at radius 1 is 0.895 bits per heavy atom. The molecule has 1 rings (SSSR count). The second-order valence-corrected chi connectivity index (χ2v) is 5.27. The summed E-state index contributed by atoms with van der Waals surface area (Å²) in [5, 5.41) is 7.03. The number of amides is 1. The van der Waals surface area contributed by atoms with E-state index < -0.39 is 0 Å². The number of rotatable bonds is 1. The van der Waals surface area contributed by atoms with Crippen LogP contribution in [0.2, 0.25) is 0 Å². The standard InChI is InChI=1S/C15H28N2O2/c1-19-17-14-10-8-6-4-2-3-5-7-9-11-15(18)16-13-12-14/h2-13H2,1H3,(H,16,18)/b17-14+. The monoisotopic (exact) mass is 268 g/mol. The van der Waals surface area contributed by atoms with Gasteiger partial charge in [0.05, 0.1) is 5.71 Å². The van der Waals surface area contributed by atoms with E-state index in [1.165, 1.54) is 44.9 Å². The van der Waals surface area contributed by atoms with E-state index >= 15 is 0 Å². The van der Waals surface area contributed by atoms with Gasteiger partial charge >= 0.3 is 0 Å². The summed E-state index contributed by atoms with van der Waals surface area (Å²) in [6.45, 7) is 0.682. The van der Waals surface area contributed by atoms with E-state index in [9.17, 15) is 4.79 Å². The molecule has 0 radical (unpaired) electrons. The zero-order valence-corrected chi connectivity index (χ0v) is 12.2. The Hall–Kier alpha value is -1.06. The molecule has 4 nitrogen and oxygen atoms in total. The molecular weight excluding hydrogens is 240 g/mol. The fourth-order valence-corrected chi connectivity index (χ4v) is 2.46. The van der Waals surface area contributed by atoms with Crippen LogP contribution in [0.4, 0.5) is 0 Å². The van der Waals surface area contributed by atoms with E-state index in [4.69, 9.17) is 4.84 Å². The molecule has 0 saturated carbocycles. The first-order valence-corrected chi connectivity index (χ1v) is 7.68. The topological polar surface area (TPSA) is 50.7 Å². The van der Waals surface area contributed by atoms with Crippen molar-refractivity contribution < 1.29 is 9.63 Å². The predicted octanol–water partition coefficient (Wildman–Crippen LogP) is 3.41. The molecule has 0 aliphatic carbocycles. The van der Waals surface area contributed by atoms with Crippen molar-refractivity contribution in [3.05, 3.63) is 0 Å². The summed E-state index contributed by atoms with van der Waals surface area (Å²) in [6, 6.07) is 0. The molecule has 1 fully saturated rings. The van der Waals surface area contributed by atoms with Crippen LogP contribution in [-0.2, 0) is 9.63 Å². The van der Waals surface area contributed by atoms with Crippen LogP contribution < -0.4 is 5.32 Å². The molecule has 1 heterocycles. The van der Waals surface area contributed by atoms with Gasteiger partial charge in [0.1, 0.15) is 7.11 Å². The maximum Gasteiger partial charge on any atom is 0.220 e. The Labute approximate surface area is 117 Å². The molecule has 1 amide bonds. The molecular formula is C15H28N2O2. The van der Waals surface area contributed by atoms with Gasteiger partial charge in [-0.15, -0.1) is 0 Å². The van der Waals surface area contributed by atoms with Gasteiger partial charge in [-0.3, -0.25) is 4.79 Å². The van der Waals surface area contributed by atoms with Gasteiger partial charge in [-0.2, -0.15) is 0 Å². The molecule has 110 valence electrons. The Bertz CT molecular complexity index is 277. The SMILES string of the molecule is CO/N=C1\CCCCCCCCCCC(=O)NCC1. The lowest BCUT2D eigenvalue weighted by Gasteiger charge is -2.07. The van der Waals surface area contributed by atoms with Crippen molar-refractivity contribution >= 4 is 11.6 Å². The van der Waals surface area contributed by atoms with Crippen molar-refractivity contribution in [1.82, 2.24) is 5.32 Å². The summed E-state index contributed by atoms with van der Waals surface area (Å²) >= 11 is 0. The number of nitrogens with zero attached hydrogens (tertiary/aromatic N) is 1. The van der Waals surface area contributed by atoms with E-state index in [0.717, 1.165) is 25.0 Å². The molecule has 1 aliphatic heterocycles. The van der Waals surface area contributed by atoms with Crippen molar-refractivity contribution in [1.29, 1.82) is 0 Å². The number of hydrogen-bond acceptors (Lipinski definition) is 3. The van der Waals surface area contributed by atoms with E-state index in [1.807, 2.05) is 0 Å². The molecule has 19 heavy (non-hydrogen) atoms. The minimum atomic E-state index is 0.173. The lowest BCUT2D eigenvalue weighted by Crippen LogP contribution is -2.25. The van der Waals surface area contributed by atoms with Gasteiger partial charge in [-0.1, -0.05) is 43.7 Å². The summed E-state index contributed by atoms with van der Waals surface area (Å²) in [5.41, 5.74) is 1.07. The van der Waals surface area contributed by atoms with E-state index in [0.29, 0.717) is 13.0 Å². The highest BCUT2D eigenvalue weighted by atomic mass is 16.6. The van der Waals surface area contributed by atoms with Gasteiger partial charge < -0.3 is 10.2 Å². The van der Waals surface area contributed by atoms with Crippen molar-refractivity contribution in [3.8, 4) is 0 Å². The third-order valence-corrected chi connectivity index (χ3v) is 3.58. The fourth-order valence-electron chi connectivity index (χ4n) is 2.46. The van der Waals surface area contributed by atoms with Gasteiger partial charge in [-0.25, -0.2) is 0 Å². The zero-order chi connectivity index (χ0) is 13.8. The van der Waals surface area contributed by atoms with Crippen molar-refractivity contribution in [2.24, 2.45) is 5.16 Å². The average Bonchev–Trinajstić information content (AvgIpc) is 2.40. The van der Waals surface area contributed by atoms with E-state index in [-0.39, 0.29) is 5.91 Å². The highest BCUT2D eigenvalue weighted by Gasteiger charge is 2.05. The fraction of sp³-hybridized carbons (Fsp3) is 0.867. The maximum atomic E-state index is 11.6. The third-order valence-electron chi connectivity index (χ3n) is 3.58. The Kier molecular flexibility index (Phi) is 9.11. The van der Waals surface area contributed by atoms with Gasteiger partial charge in [-0.05, 0) is 19.3 Å². The highest BCUT2D eigenvalue weighted by molar-refractivity contribution is 5.84. The van der Waals surface area contributed by atoms with E-state index in [1.54, 1.807) is 7.11 Å². The number of carbonyl (C=O) groups excluding carboxylic acids is 1. The van der Waals surface area contributed by atoms with Crippen LogP contribution in [0.25, 0.3) is 0 Å². The van der Waals surface area contributed by atoms with Gasteiger partial charge in [0, 0.05) is 19.4 Å². The second kappa shape index (κ2) is 10.8. The molecule has 0 spiro atoms. The molecule has 1 aliphatic rings. The van der Waals surface area contributed by atoms with Crippen LogP contribution >= 0.6 is 0 Å². The molecule has 1 saturated heterocycles. The maximum absolute atomic E-state index is 11.6. The van der Waals surface area contributed by atoms with Gasteiger partial charge in [0.15, 0.2) is 0 Å².